The van der Waals surface area contributed by atoms with Crippen LogP contribution >= 0.6 is 0 Å². The standard InChI is InChI=1S/C15H25N3O2S/c1-10-12(8-11(16)9-13(10)21(17,19)20)18-14-6-4-5-7-15(14,2)3/h8-9,14,18H,4-7,16H2,1-3H3,(H2,17,19,20). The Kier molecular flexibility index (Phi) is 4.22. The van der Waals surface area contributed by atoms with Crippen molar-refractivity contribution in [1.82, 2.24) is 0 Å². The van der Waals surface area contributed by atoms with Crippen LogP contribution in [0.4, 0.5) is 11.4 Å². The first kappa shape index (κ1) is 16.1. The molecule has 2 rings (SSSR count). The number of nitrogen functional groups attached to an aromatic ring is 1. The van der Waals surface area contributed by atoms with Gasteiger partial charge in [0.1, 0.15) is 0 Å². The highest BCUT2D eigenvalue weighted by molar-refractivity contribution is 7.89. The van der Waals surface area contributed by atoms with E-state index in [0.717, 1.165) is 18.5 Å². The molecule has 0 bridgehead atoms. The monoisotopic (exact) mass is 311 g/mol. The summed E-state index contributed by atoms with van der Waals surface area (Å²) in [4.78, 5) is 0.0959. The molecule has 1 unspecified atom stereocenters. The molecule has 0 spiro atoms. The van der Waals surface area contributed by atoms with Crippen LogP contribution in [0.2, 0.25) is 0 Å². The predicted molar refractivity (Wildman–Crippen MR) is 86.6 cm³/mol. The lowest BCUT2D eigenvalue weighted by molar-refractivity contribution is 0.217. The molecule has 0 radical (unpaired) electrons. The third-order valence-electron chi connectivity index (χ3n) is 4.53. The van der Waals surface area contributed by atoms with Crippen molar-refractivity contribution in [3.63, 3.8) is 0 Å². The van der Waals surface area contributed by atoms with Crippen molar-refractivity contribution in [1.29, 1.82) is 0 Å². The molecule has 0 aliphatic heterocycles. The summed E-state index contributed by atoms with van der Waals surface area (Å²) in [6.07, 6.45) is 4.66. The van der Waals surface area contributed by atoms with Gasteiger partial charge in [0, 0.05) is 17.4 Å². The quantitative estimate of drug-likeness (QED) is 0.747. The van der Waals surface area contributed by atoms with Crippen molar-refractivity contribution in [2.45, 2.75) is 57.4 Å². The molecule has 1 fully saturated rings. The van der Waals surface area contributed by atoms with Crippen molar-refractivity contribution < 1.29 is 8.42 Å². The molecule has 0 amide bonds. The molecule has 21 heavy (non-hydrogen) atoms. The van der Waals surface area contributed by atoms with Crippen LogP contribution in [-0.4, -0.2) is 14.5 Å². The maximum absolute atomic E-state index is 11.7. The zero-order valence-corrected chi connectivity index (χ0v) is 13.8. The van der Waals surface area contributed by atoms with E-state index in [2.05, 4.69) is 19.2 Å². The highest BCUT2D eigenvalue weighted by atomic mass is 32.2. The Bertz CT molecular complexity index is 639. The number of hydrogen-bond donors (Lipinski definition) is 3. The molecule has 118 valence electrons. The Labute approximate surface area is 127 Å². The summed E-state index contributed by atoms with van der Waals surface area (Å²) in [5.41, 5.74) is 7.81. The van der Waals surface area contributed by atoms with Gasteiger partial charge in [-0.05, 0) is 42.9 Å². The number of nitrogens with one attached hydrogen (secondary N) is 1. The van der Waals surface area contributed by atoms with E-state index in [1.165, 1.54) is 18.9 Å². The van der Waals surface area contributed by atoms with Crippen LogP contribution in [0.5, 0.6) is 0 Å². The Morgan fingerprint density at radius 1 is 1.29 bits per heavy atom. The normalized spacial score (nSPS) is 22.0. The topological polar surface area (TPSA) is 98.2 Å². The highest BCUT2D eigenvalue weighted by Crippen LogP contribution is 2.38. The Balaban J connectivity index is 2.39. The van der Waals surface area contributed by atoms with E-state index >= 15 is 0 Å². The van der Waals surface area contributed by atoms with Gasteiger partial charge in [-0.15, -0.1) is 0 Å². The van der Waals surface area contributed by atoms with Crippen LogP contribution in [0.15, 0.2) is 17.0 Å². The average molecular weight is 311 g/mol. The summed E-state index contributed by atoms with van der Waals surface area (Å²) in [5.74, 6) is 0. The number of primary sulfonamides is 1. The summed E-state index contributed by atoms with van der Waals surface area (Å²) in [6.45, 7) is 6.25. The van der Waals surface area contributed by atoms with Crippen molar-refractivity contribution in [3.8, 4) is 0 Å². The third kappa shape index (κ3) is 3.49. The Hall–Kier alpha value is -1.27. The van der Waals surface area contributed by atoms with Crippen LogP contribution in [0.3, 0.4) is 0 Å². The lowest BCUT2D eigenvalue weighted by Crippen LogP contribution is -2.39. The molecule has 1 aliphatic carbocycles. The second-order valence-electron chi connectivity index (χ2n) is 6.67. The van der Waals surface area contributed by atoms with Gasteiger partial charge in [-0.2, -0.15) is 0 Å². The minimum absolute atomic E-state index is 0.0959. The van der Waals surface area contributed by atoms with Gasteiger partial charge in [-0.3, -0.25) is 0 Å². The van der Waals surface area contributed by atoms with Gasteiger partial charge in [-0.25, -0.2) is 13.6 Å². The minimum Gasteiger partial charge on any atom is -0.399 e. The first-order chi connectivity index (χ1) is 9.61. The molecule has 0 aromatic heterocycles. The van der Waals surface area contributed by atoms with Crippen molar-refractivity contribution in [3.05, 3.63) is 17.7 Å². The minimum atomic E-state index is -3.77. The van der Waals surface area contributed by atoms with Crippen molar-refractivity contribution in [2.75, 3.05) is 11.1 Å². The van der Waals surface area contributed by atoms with Crippen LogP contribution in [0.25, 0.3) is 0 Å². The SMILES string of the molecule is Cc1c(NC2CCCCC2(C)C)cc(N)cc1S(N)(=O)=O. The van der Waals surface area contributed by atoms with Gasteiger partial charge >= 0.3 is 0 Å². The van der Waals surface area contributed by atoms with Gasteiger partial charge in [-0.1, -0.05) is 26.7 Å². The van der Waals surface area contributed by atoms with E-state index in [1.54, 1.807) is 13.0 Å². The number of anilines is 2. The van der Waals surface area contributed by atoms with Gasteiger partial charge in [0.05, 0.1) is 4.90 Å². The summed E-state index contributed by atoms with van der Waals surface area (Å²) >= 11 is 0. The summed E-state index contributed by atoms with van der Waals surface area (Å²) in [6, 6.07) is 3.51. The molecule has 0 saturated heterocycles. The van der Waals surface area contributed by atoms with Crippen LogP contribution in [0, 0.1) is 12.3 Å². The predicted octanol–water partition coefficient (Wildman–Crippen LogP) is 2.61. The summed E-state index contributed by atoms with van der Waals surface area (Å²) < 4.78 is 23.3. The van der Waals surface area contributed by atoms with E-state index in [4.69, 9.17) is 10.9 Å². The molecule has 1 aliphatic rings. The first-order valence-electron chi connectivity index (χ1n) is 7.31. The Morgan fingerprint density at radius 2 is 1.95 bits per heavy atom. The lowest BCUT2D eigenvalue weighted by atomic mass is 9.73. The number of sulfonamides is 1. The Morgan fingerprint density at radius 3 is 2.52 bits per heavy atom. The molecule has 5 N–H and O–H groups in total. The molecular formula is C15H25N3O2S. The number of rotatable bonds is 3. The fourth-order valence-corrected chi connectivity index (χ4v) is 3.94. The van der Waals surface area contributed by atoms with Crippen LogP contribution < -0.4 is 16.2 Å². The fourth-order valence-electron chi connectivity index (χ4n) is 3.10. The highest BCUT2D eigenvalue weighted by Gasteiger charge is 2.32. The molecule has 5 nitrogen and oxygen atoms in total. The first-order valence-corrected chi connectivity index (χ1v) is 8.85. The second-order valence-corrected chi connectivity index (χ2v) is 8.20. The summed E-state index contributed by atoms with van der Waals surface area (Å²) in [7, 11) is -3.77. The molecule has 1 atom stereocenters. The van der Waals surface area contributed by atoms with Gasteiger partial charge < -0.3 is 11.1 Å². The van der Waals surface area contributed by atoms with Gasteiger partial charge in [0.2, 0.25) is 10.0 Å². The van der Waals surface area contributed by atoms with Crippen molar-refractivity contribution >= 4 is 21.4 Å². The average Bonchev–Trinajstić information content (AvgIpc) is 2.34. The molecule has 1 aromatic carbocycles. The zero-order chi connectivity index (χ0) is 15.8. The van der Waals surface area contributed by atoms with Crippen LogP contribution in [-0.2, 0) is 10.0 Å². The van der Waals surface area contributed by atoms with E-state index in [0.29, 0.717) is 17.3 Å². The number of nitrogens with two attached hydrogens (primary N) is 2. The molecule has 1 aromatic rings. The van der Waals surface area contributed by atoms with E-state index in [9.17, 15) is 8.42 Å². The maximum Gasteiger partial charge on any atom is 0.238 e. The third-order valence-corrected chi connectivity index (χ3v) is 5.56. The van der Waals surface area contributed by atoms with Gasteiger partial charge in [0.25, 0.3) is 0 Å². The van der Waals surface area contributed by atoms with E-state index < -0.39 is 10.0 Å². The van der Waals surface area contributed by atoms with Crippen molar-refractivity contribution in [2.24, 2.45) is 10.6 Å². The maximum atomic E-state index is 11.7. The summed E-state index contributed by atoms with van der Waals surface area (Å²) in [5, 5.41) is 8.76. The molecule has 1 saturated carbocycles. The van der Waals surface area contributed by atoms with Crippen LogP contribution in [0.1, 0.15) is 45.1 Å². The molecular weight excluding hydrogens is 286 g/mol. The number of benzene rings is 1. The fraction of sp³-hybridized carbons (Fsp3) is 0.600. The zero-order valence-electron chi connectivity index (χ0n) is 12.9. The number of hydrogen-bond acceptors (Lipinski definition) is 4. The largest absolute Gasteiger partial charge is 0.399 e. The second kappa shape index (κ2) is 5.50. The molecule has 6 heteroatoms. The van der Waals surface area contributed by atoms with E-state index in [1.807, 2.05) is 0 Å². The smallest absolute Gasteiger partial charge is 0.238 e. The van der Waals surface area contributed by atoms with E-state index in [-0.39, 0.29) is 10.3 Å². The lowest BCUT2D eigenvalue weighted by Gasteiger charge is -2.40. The molecule has 0 heterocycles. The van der Waals surface area contributed by atoms with Gasteiger partial charge in [0.15, 0.2) is 0 Å².